The van der Waals surface area contributed by atoms with Crippen LogP contribution in [0.3, 0.4) is 0 Å². The van der Waals surface area contributed by atoms with Crippen LogP contribution in [0.2, 0.25) is 5.15 Å². The van der Waals surface area contributed by atoms with Gasteiger partial charge in [-0.05, 0) is 87.4 Å². The van der Waals surface area contributed by atoms with Gasteiger partial charge in [0.15, 0.2) is 0 Å². The van der Waals surface area contributed by atoms with Gasteiger partial charge in [-0.2, -0.15) is 5.26 Å². The molecule has 2 heterocycles. The van der Waals surface area contributed by atoms with Crippen LogP contribution >= 0.6 is 11.6 Å². The zero-order valence-electron chi connectivity index (χ0n) is 23.9. The summed E-state index contributed by atoms with van der Waals surface area (Å²) in [5.41, 5.74) is 10.6. The molecule has 4 rings (SSSR count). The molecule has 0 unspecified atom stereocenters. The van der Waals surface area contributed by atoms with E-state index >= 15 is 0 Å². The van der Waals surface area contributed by atoms with E-state index in [9.17, 15) is 9.59 Å². The van der Waals surface area contributed by atoms with Gasteiger partial charge < -0.3 is 20.9 Å². The molecule has 0 bridgehead atoms. The van der Waals surface area contributed by atoms with Crippen LogP contribution in [0.15, 0.2) is 54.6 Å². The molecule has 3 amide bonds. The summed E-state index contributed by atoms with van der Waals surface area (Å²) >= 11 is 6.47. The quantitative estimate of drug-likeness (QED) is 0.312. The average Bonchev–Trinajstić information content (AvgIpc) is 2.96. The number of nitrogens with zero attached hydrogens (tertiary/aromatic N) is 4. The van der Waals surface area contributed by atoms with E-state index in [1.165, 1.54) is 0 Å². The molecule has 1 aliphatic rings. The molecule has 1 aliphatic heterocycles. The Balaban J connectivity index is 1.40. The topological polar surface area (TPSA) is 115 Å². The molecular weight excluding hydrogens is 536 g/mol. The van der Waals surface area contributed by atoms with Crippen LogP contribution in [0.5, 0.6) is 0 Å². The Kier molecular flexibility index (Phi) is 9.98. The number of anilines is 1. The second kappa shape index (κ2) is 13.6. The molecule has 0 saturated carbocycles. The summed E-state index contributed by atoms with van der Waals surface area (Å²) in [4.78, 5) is 34.2. The summed E-state index contributed by atoms with van der Waals surface area (Å²) in [5, 5.41) is 12.5. The zero-order chi connectivity index (χ0) is 29.5. The minimum absolute atomic E-state index is 0.0909. The van der Waals surface area contributed by atoms with E-state index in [4.69, 9.17) is 22.6 Å². The molecule has 0 spiro atoms. The first-order valence-electron chi connectivity index (χ1n) is 14.0. The average molecular weight is 573 g/mol. The van der Waals surface area contributed by atoms with E-state index in [0.717, 1.165) is 49.0 Å². The Morgan fingerprint density at radius 2 is 1.80 bits per heavy atom. The number of amides is 3. The van der Waals surface area contributed by atoms with E-state index < -0.39 is 5.91 Å². The maximum absolute atomic E-state index is 13.5. The molecule has 3 N–H and O–H groups in total. The van der Waals surface area contributed by atoms with Crippen molar-refractivity contribution in [3.05, 3.63) is 93.3 Å². The molecule has 9 heteroatoms. The van der Waals surface area contributed by atoms with E-state index in [1.54, 1.807) is 31.2 Å². The number of nitriles is 1. The molecule has 2 aromatic carbocycles. The molecule has 1 fully saturated rings. The highest BCUT2D eigenvalue weighted by atomic mass is 35.5. The highest BCUT2D eigenvalue weighted by Gasteiger charge is 2.30. The number of hydrogen-bond acceptors (Lipinski definition) is 5. The van der Waals surface area contributed by atoms with Gasteiger partial charge in [0.2, 0.25) is 0 Å². The number of urea groups is 1. The van der Waals surface area contributed by atoms with Gasteiger partial charge in [0.05, 0.1) is 22.9 Å². The zero-order valence-corrected chi connectivity index (χ0v) is 24.6. The number of nitrogens with two attached hydrogens (primary N) is 1. The number of carbonyl (C=O) groups is 2. The third-order valence-electron chi connectivity index (χ3n) is 8.05. The van der Waals surface area contributed by atoms with Gasteiger partial charge >= 0.3 is 6.03 Å². The fourth-order valence-corrected chi connectivity index (χ4v) is 6.01. The molecule has 1 atom stereocenters. The second-order valence-electron chi connectivity index (χ2n) is 10.7. The monoisotopic (exact) mass is 572 g/mol. The van der Waals surface area contributed by atoms with Crippen LogP contribution in [0.1, 0.15) is 64.5 Å². The van der Waals surface area contributed by atoms with Crippen molar-refractivity contribution in [2.45, 2.75) is 65.1 Å². The van der Waals surface area contributed by atoms with Crippen LogP contribution < -0.4 is 11.1 Å². The summed E-state index contributed by atoms with van der Waals surface area (Å²) in [6.45, 7) is 8.10. The largest absolute Gasteiger partial charge is 0.366 e. The fourth-order valence-electron chi connectivity index (χ4n) is 5.65. The van der Waals surface area contributed by atoms with Gasteiger partial charge in [0, 0.05) is 37.4 Å². The normalized spacial score (nSPS) is 14.7. The first-order valence-corrected chi connectivity index (χ1v) is 14.4. The van der Waals surface area contributed by atoms with Gasteiger partial charge in [-0.3, -0.25) is 4.79 Å². The summed E-state index contributed by atoms with van der Waals surface area (Å²) in [6.07, 6.45) is 3.28. The van der Waals surface area contributed by atoms with Gasteiger partial charge in [-0.15, -0.1) is 0 Å². The Labute approximate surface area is 247 Å². The van der Waals surface area contributed by atoms with Gasteiger partial charge in [-0.25, -0.2) is 9.78 Å². The smallest absolute Gasteiger partial charge is 0.322 e. The van der Waals surface area contributed by atoms with Crippen molar-refractivity contribution in [2.24, 2.45) is 5.73 Å². The number of rotatable bonds is 9. The van der Waals surface area contributed by atoms with Crippen LogP contribution in [0.25, 0.3) is 0 Å². The lowest BCUT2D eigenvalue weighted by Gasteiger charge is -2.41. The number of primary amides is 1. The van der Waals surface area contributed by atoms with Gasteiger partial charge in [0.1, 0.15) is 5.15 Å². The predicted octanol–water partition coefficient (Wildman–Crippen LogP) is 5.84. The summed E-state index contributed by atoms with van der Waals surface area (Å²) < 4.78 is 0. The number of piperidine rings is 1. The summed E-state index contributed by atoms with van der Waals surface area (Å²) in [5.74, 6) is -0.483. The molecule has 41 heavy (non-hydrogen) atoms. The number of halogens is 1. The maximum Gasteiger partial charge on any atom is 0.322 e. The first-order chi connectivity index (χ1) is 19.7. The standard InChI is InChI=1S/C32H37ClN6O2/c1-21(9-14-28-22(2)29(31(35)40)23(3)36-30(28)33)38-17-15-27(16-18-38)39(20-25-7-5-4-6-8-25)32(41)37-26-12-10-24(19-34)11-13-26/h4-8,10-13,21,27H,9,14-18,20H2,1-3H3,(H2,35,40)(H,37,41)/t21-/m1/s1. The molecule has 1 aromatic heterocycles. The lowest BCUT2D eigenvalue weighted by Crippen LogP contribution is -2.50. The number of pyridine rings is 1. The van der Waals surface area contributed by atoms with E-state index in [1.807, 2.05) is 42.2 Å². The number of carbonyl (C=O) groups excluding carboxylic acids is 2. The molecule has 3 aromatic rings. The number of likely N-dealkylation sites (tertiary alicyclic amines) is 1. The minimum Gasteiger partial charge on any atom is -0.366 e. The van der Waals surface area contributed by atoms with Crippen LogP contribution in [0, 0.1) is 25.2 Å². The SMILES string of the molecule is Cc1nc(Cl)c(CC[C@@H](C)N2CCC(N(Cc3ccccc3)C(=O)Nc3ccc(C#N)cc3)CC2)c(C)c1C(N)=O. The summed E-state index contributed by atoms with van der Waals surface area (Å²) in [6, 6.07) is 19.3. The Hall–Kier alpha value is -3.93. The van der Waals surface area contributed by atoms with Crippen LogP contribution in [-0.2, 0) is 13.0 Å². The first kappa shape index (κ1) is 30.0. The highest BCUT2D eigenvalue weighted by molar-refractivity contribution is 6.30. The maximum atomic E-state index is 13.5. The van der Waals surface area contributed by atoms with Crippen molar-refractivity contribution in [3.63, 3.8) is 0 Å². The van der Waals surface area contributed by atoms with Crippen molar-refractivity contribution in [1.29, 1.82) is 5.26 Å². The number of benzene rings is 2. The molecule has 0 aliphatic carbocycles. The van der Waals surface area contributed by atoms with Crippen LogP contribution in [0.4, 0.5) is 10.5 Å². The van der Waals surface area contributed by atoms with E-state index in [-0.39, 0.29) is 12.1 Å². The Morgan fingerprint density at radius 3 is 2.41 bits per heavy atom. The second-order valence-corrected chi connectivity index (χ2v) is 11.1. The molecule has 0 radical (unpaired) electrons. The number of hydrogen-bond donors (Lipinski definition) is 2. The third kappa shape index (κ3) is 7.43. The Bertz CT molecular complexity index is 1410. The molecular formula is C32H37ClN6O2. The van der Waals surface area contributed by atoms with E-state index in [2.05, 4.69) is 28.2 Å². The van der Waals surface area contributed by atoms with Crippen molar-refractivity contribution in [1.82, 2.24) is 14.8 Å². The lowest BCUT2D eigenvalue weighted by molar-refractivity contribution is 0.0992. The van der Waals surface area contributed by atoms with Gasteiger partial charge in [0.25, 0.3) is 5.91 Å². The van der Waals surface area contributed by atoms with Gasteiger partial charge in [-0.1, -0.05) is 41.9 Å². The number of aryl methyl sites for hydroxylation is 1. The van der Waals surface area contributed by atoms with Crippen LogP contribution in [-0.4, -0.2) is 51.9 Å². The summed E-state index contributed by atoms with van der Waals surface area (Å²) in [7, 11) is 0. The molecule has 1 saturated heterocycles. The molecule has 214 valence electrons. The lowest BCUT2D eigenvalue weighted by atomic mass is 9.96. The molecule has 8 nitrogen and oxygen atoms in total. The third-order valence-corrected chi connectivity index (χ3v) is 8.36. The van der Waals surface area contributed by atoms with Crippen molar-refractivity contribution in [2.75, 3.05) is 18.4 Å². The number of nitrogens with one attached hydrogen (secondary N) is 1. The minimum atomic E-state index is -0.483. The predicted molar refractivity (Wildman–Crippen MR) is 162 cm³/mol. The fraction of sp³-hybridized carbons (Fsp3) is 0.375. The van der Waals surface area contributed by atoms with Crippen molar-refractivity contribution < 1.29 is 9.59 Å². The highest BCUT2D eigenvalue weighted by Crippen LogP contribution is 2.27. The van der Waals surface area contributed by atoms with Crippen molar-refractivity contribution >= 4 is 29.2 Å². The van der Waals surface area contributed by atoms with Crippen molar-refractivity contribution in [3.8, 4) is 6.07 Å². The Morgan fingerprint density at radius 1 is 1.15 bits per heavy atom. The van der Waals surface area contributed by atoms with E-state index in [0.29, 0.717) is 46.7 Å². The number of aromatic nitrogens is 1.